The second-order valence-electron chi connectivity index (χ2n) is 19.2. The molecule has 322 valence electrons. The minimum atomic E-state index is -0.247. The number of imidazole rings is 1. The van der Waals surface area contributed by atoms with Gasteiger partial charge in [-0.3, -0.25) is 4.57 Å². The molecule has 0 radical (unpaired) electrons. The molecule has 9 aromatic carbocycles. The summed E-state index contributed by atoms with van der Waals surface area (Å²) in [4.78, 5) is 10.2. The zero-order valence-corrected chi connectivity index (χ0v) is 38.9. The van der Waals surface area contributed by atoms with Gasteiger partial charge in [0, 0.05) is 57.9 Å². The fourth-order valence-electron chi connectivity index (χ4n) is 12.2. The Morgan fingerprint density at radius 1 is 0.424 bits per heavy atom. The molecule has 66 heavy (non-hydrogen) atoms. The largest absolute Gasteiger partial charge is 0.341 e. The molecule has 0 bridgehead atoms. The lowest BCUT2D eigenvalue weighted by Gasteiger charge is -2.43. The highest BCUT2D eigenvalue weighted by molar-refractivity contribution is 6.21. The highest BCUT2D eigenvalue weighted by Gasteiger charge is 2.40. The van der Waals surface area contributed by atoms with Gasteiger partial charge in [-0.1, -0.05) is 155 Å². The monoisotopic (exact) mass is 854 g/mol. The summed E-state index contributed by atoms with van der Waals surface area (Å²) in [7, 11) is 0. The second kappa shape index (κ2) is 14.8. The van der Waals surface area contributed by atoms with Crippen molar-refractivity contribution in [3.8, 4) is 39.1 Å². The average Bonchev–Trinajstić information content (AvgIpc) is 3.69. The second-order valence-corrected chi connectivity index (χ2v) is 19.2. The number of aromatic nitrogens is 2. The number of fused-ring (bicyclic) bond motifs is 7. The van der Waals surface area contributed by atoms with Gasteiger partial charge < -0.3 is 9.80 Å². The van der Waals surface area contributed by atoms with Crippen LogP contribution in [0.2, 0.25) is 0 Å². The number of para-hydroxylation sites is 4. The Labute approximate surface area is 388 Å². The average molecular weight is 855 g/mol. The molecule has 4 heteroatoms. The molecule has 12 rings (SSSR count). The van der Waals surface area contributed by atoms with E-state index in [0.717, 1.165) is 35.6 Å². The maximum absolute atomic E-state index is 5.22. The number of rotatable bonds is 6. The van der Waals surface area contributed by atoms with E-state index in [0.29, 0.717) is 0 Å². The molecule has 0 atom stereocenters. The summed E-state index contributed by atoms with van der Waals surface area (Å²) in [5.41, 5.74) is 20.7. The van der Waals surface area contributed by atoms with Crippen LogP contribution in [0.15, 0.2) is 176 Å². The zero-order valence-electron chi connectivity index (χ0n) is 38.9. The first kappa shape index (κ1) is 40.1. The molecule has 0 aliphatic carbocycles. The molecule has 2 aliphatic rings. The third kappa shape index (κ3) is 5.60. The van der Waals surface area contributed by atoms with Crippen LogP contribution < -0.4 is 9.80 Å². The smallest absolute Gasteiger partial charge is 0.111 e. The number of aryl methyl sites for hydroxylation is 1. The van der Waals surface area contributed by atoms with E-state index in [-0.39, 0.29) is 10.8 Å². The van der Waals surface area contributed by atoms with Crippen molar-refractivity contribution in [2.24, 2.45) is 0 Å². The van der Waals surface area contributed by atoms with Gasteiger partial charge in [-0.2, -0.15) is 0 Å². The Hall–Kier alpha value is -7.43. The normalized spacial score (nSPS) is 14.6. The minimum Gasteiger partial charge on any atom is -0.341 e. The van der Waals surface area contributed by atoms with Crippen molar-refractivity contribution in [3.63, 3.8) is 0 Å². The highest BCUT2D eigenvalue weighted by atomic mass is 15.2. The van der Waals surface area contributed by atoms with Gasteiger partial charge in [0.25, 0.3) is 0 Å². The number of hydrogen-bond donors (Lipinski definition) is 0. The summed E-state index contributed by atoms with van der Waals surface area (Å²) >= 11 is 0. The molecule has 4 nitrogen and oxygen atoms in total. The fourth-order valence-corrected chi connectivity index (χ4v) is 12.2. The van der Waals surface area contributed by atoms with Crippen LogP contribution in [0, 0.1) is 6.92 Å². The Bertz CT molecular complexity index is 3420. The highest BCUT2D eigenvalue weighted by Crippen LogP contribution is 2.56. The molecule has 0 spiro atoms. The van der Waals surface area contributed by atoms with Crippen LogP contribution in [0.3, 0.4) is 0 Å². The number of hydrogen-bond acceptors (Lipinski definition) is 3. The molecular weight excluding hydrogens is 801 g/mol. The van der Waals surface area contributed by atoms with Gasteiger partial charge in [0.2, 0.25) is 0 Å². The molecule has 0 fully saturated rings. The Balaban J connectivity index is 1.22. The van der Waals surface area contributed by atoms with Crippen molar-refractivity contribution in [1.29, 1.82) is 0 Å². The summed E-state index contributed by atoms with van der Waals surface area (Å²) in [6.45, 7) is 18.1. The molecule has 0 unspecified atom stereocenters. The topological polar surface area (TPSA) is 24.3 Å². The number of nitrogens with zero attached hydrogens (tertiary/aromatic N) is 4. The quantitative estimate of drug-likeness (QED) is 0.156. The van der Waals surface area contributed by atoms with Crippen LogP contribution in [0.25, 0.3) is 71.6 Å². The summed E-state index contributed by atoms with van der Waals surface area (Å²) in [6.07, 6.45) is 0. The molecule has 10 aromatic rings. The van der Waals surface area contributed by atoms with Crippen molar-refractivity contribution < 1.29 is 0 Å². The predicted octanol–water partition coefficient (Wildman–Crippen LogP) is 16.2. The Morgan fingerprint density at radius 3 is 1.39 bits per heavy atom. The molecular formula is C62H54N4. The van der Waals surface area contributed by atoms with Crippen molar-refractivity contribution in [3.05, 3.63) is 204 Å². The van der Waals surface area contributed by atoms with Crippen molar-refractivity contribution >= 4 is 55.3 Å². The van der Waals surface area contributed by atoms with Gasteiger partial charge in [-0.25, -0.2) is 4.98 Å². The van der Waals surface area contributed by atoms with E-state index in [1.165, 1.54) is 99.9 Å². The zero-order chi connectivity index (χ0) is 45.1. The SMILES string of the molecule is CCN1c2ccccc2C(C)(C)c2c(-c3cccc4c(-c5cccc6nc(C)n(-c7ccccc7)c56)c5cccc(-c6cccc7c6C(C)(C)c6ccccc6N7CC)c5cc34)cccc21. The molecule has 2 aliphatic heterocycles. The van der Waals surface area contributed by atoms with E-state index >= 15 is 0 Å². The molecule has 0 amide bonds. The fraction of sp³-hybridized carbons (Fsp3) is 0.177. The van der Waals surface area contributed by atoms with Crippen LogP contribution in [0.4, 0.5) is 22.7 Å². The summed E-state index contributed by atoms with van der Waals surface area (Å²) in [5, 5.41) is 4.93. The lowest BCUT2D eigenvalue weighted by molar-refractivity contribution is 0.627. The minimum absolute atomic E-state index is 0.247. The number of benzene rings is 9. The third-order valence-corrected chi connectivity index (χ3v) is 15.0. The molecule has 1 aromatic heterocycles. The molecule has 0 saturated heterocycles. The number of anilines is 4. The third-order valence-electron chi connectivity index (χ3n) is 15.0. The van der Waals surface area contributed by atoms with Gasteiger partial charge in [-0.05, 0) is 141 Å². The van der Waals surface area contributed by atoms with Crippen LogP contribution >= 0.6 is 0 Å². The summed E-state index contributed by atoms with van der Waals surface area (Å²) in [5.74, 6) is 0.965. The van der Waals surface area contributed by atoms with Crippen LogP contribution in [-0.4, -0.2) is 22.6 Å². The maximum Gasteiger partial charge on any atom is 0.111 e. The summed E-state index contributed by atoms with van der Waals surface area (Å²) < 4.78 is 2.35. The van der Waals surface area contributed by atoms with E-state index in [2.05, 4.69) is 239 Å². The van der Waals surface area contributed by atoms with Crippen LogP contribution in [-0.2, 0) is 10.8 Å². The standard InChI is InChI=1S/C62H54N4/c1-8-64-53-34-15-13-31-50(53)61(4,5)58-45(28-20-36-55(58)64)41-24-17-26-43-48(41)38-49-42(46-29-21-37-56-59(46)62(6,7)51-32-14-16-35-54(51)65(56)9-2)25-18-27-44(49)57(43)47-30-19-33-52-60(47)66(39(3)63-52)40-22-11-10-12-23-40/h10-38H,8-9H2,1-7H3. The first-order valence-corrected chi connectivity index (χ1v) is 23.7. The van der Waals surface area contributed by atoms with E-state index in [4.69, 9.17) is 4.98 Å². The van der Waals surface area contributed by atoms with Crippen LogP contribution in [0.1, 0.15) is 69.6 Å². The van der Waals surface area contributed by atoms with E-state index in [9.17, 15) is 0 Å². The lowest BCUT2D eigenvalue weighted by atomic mass is 9.70. The predicted molar refractivity (Wildman–Crippen MR) is 280 cm³/mol. The van der Waals surface area contributed by atoms with Gasteiger partial charge in [0.15, 0.2) is 0 Å². The first-order chi connectivity index (χ1) is 32.1. The van der Waals surface area contributed by atoms with E-state index < -0.39 is 0 Å². The molecule has 3 heterocycles. The van der Waals surface area contributed by atoms with E-state index in [1.54, 1.807) is 0 Å². The van der Waals surface area contributed by atoms with Crippen LogP contribution in [0.5, 0.6) is 0 Å². The van der Waals surface area contributed by atoms with Crippen molar-refractivity contribution in [2.75, 3.05) is 22.9 Å². The van der Waals surface area contributed by atoms with Gasteiger partial charge in [-0.15, -0.1) is 0 Å². The van der Waals surface area contributed by atoms with Crippen molar-refractivity contribution in [2.45, 2.75) is 59.3 Å². The van der Waals surface area contributed by atoms with Crippen molar-refractivity contribution in [1.82, 2.24) is 9.55 Å². The molecule has 0 N–H and O–H groups in total. The van der Waals surface area contributed by atoms with Gasteiger partial charge in [0.05, 0.1) is 11.0 Å². The Morgan fingerprint density at radius 2 is 0.864 bits per heavy atom. The Kier molecular flexibility index (Phi) is 8.99. The van der Waals surface area contributed by atoms with E-state index in [1.807, 2.05) is 0 Å². The van der Waals surface area contributed by atoms with Gasteiger partial charge >= 0.3 is 0 Å². The molecule has 0 saturated carbocycles. The van der Waals surface area contributed by atoms with Gasteiger partial charge in [0.1, 0.15) is 5.82 Å². The first-order valence-electron chi connectivity index (χ1n) is 23.7. The lowest BCUT2D eigenvalue weighted by Crippen LogP contribution is -2.33. The summed E-state index contributed by atoms with van der Waals surface area (Å²) in [6, 6.07) is 65.9. The maximum atomic E-state index is 5.22.